The van der Waals surface area contributed by atoms with E-state index in [9.17, 15) is 4.79 Å². The number of carbonyl (C=O) groups is 1. The smallest absolute Gasteiger partial charge is 0.307 e. The highest BCUT2D eigenvalue weighted by Crippen LogP contribution is 2.25. The van der Waals surface area contributed by atoms with Crippen molar-refractivity contribution in [1.82, 2.24) is 9.99 Å². The van der Waals surface area contributed by atoms with Gasteiger partial charge in [0.1, 0.15) is 5.58 Å². The van der Waals surface area contributed by atoms with Crippen molar-refractivity contribution in [2.45, 2.75) is 26.3 Å². The second-order valence-corrected chi connectivity index (χ2v) is 7.67. The number of aromatic nitrogens is 1. The Labute approximate surface area is 171 Å². The summed E-state index contributed by atoms with van der Waals surface area (Å²) in [5.41, 5.74) is 5.34. The fourth-order valence-corrected chi connectivity index (χ4v) is 3.62. The molecule has 4 aromatic rings. The maximum atomic E-state index is 12.4. The number of para-hydroxylation sites is 1. The predicted molar refractivity (Wildman–Crippen MR) is 116 cm³/mol. The number of halogens is 1. The van der Waals surface area contributed by atoms with Gasteiger partial charge in [0.15, 0.2) is 5.76 Å². The normalized spacial score (nSPS) is 12.8. The molecule has 2 aromatic carbocycles. The summed E-state index contributed by atoms with van der Waals surface area (Å²) >= 11 is 3.42. The van der Waals surface area contributed by atoms with Gasteiger partial charge in [0, 0.05) is 38.6 Å². The third-order valence-electron chi connectivity index (χ3n) is 4.91. The second-order valence-electron chi connectivity index (χ2n) is 6.76. The molecule has 142 valence electrons. The van der Waals surface area contributed by atoms with E-state index in [1.54, 1.807) is 12.3 Å². The van der Waals surface area contributed by atoms with Crippen molar-refractivity contribution in [3.8, 4) is 0 Å². The van der Waals surface area contributed by atoms with Crippen molar-refractivity contribution in [2.24, 2.45) is 5.10 Å². The van der Waals surface area contributed by atoms with Gasteiger partial charge in [0.25, 0.3) is 0 Å². The van der Waals surface area contributed by atoms with Crippen LogP contribution in [-0.2, 0) is 0 Å². The van der Waals surface area contributed by atoms with Crippen molar-refractivity contribution in [3.05, 3.63) is 70.5 Å². The maximum absolute atomic E-state index is 12.4. The molecule has 2 heterocycles. The van der Waals surface area contributed by atoms with Crippen LogP contribution in [0, 0.1) is 0 Å². The third-order valence-corrected chi connectivity index (χ3v) is 5.40. The minimum atomic E-state index is -0.380. The molecule has 0 saturated carbocycles. The van der Waals surface area contributed by atoms with Gasteiger partial charge in [0.05, 0.1) is 6.21 Å². The maximum Gasteiger partial charge on any atom is 0.307 e. The standard InChI is InChI=1S/C22H20BrN3O2/c1-3-14(2)26-13-16(18-6-4-5-7-19(18)26)12-24-25-22(27)21-11-15-10-17(23)8-9-20(15)28-21/h4-14H,3H2,1-2H3,(H,25,27)/b24-12-. The Morgan fingerprint density at radius 3 is 2.93 bits per heavy atom. The highest BCUT2D eigenvalue weighted by Gasteiger charge is 2.13. The third kappa shape index (κ3) is 3.47. The molecule has 5 nitrogen and oxygen atoms in total. The summed E-state index contributed by atoms with van der Waals surface area (Å²) in [7, 11) is 0. The highest BCUT2D eigenvalue weighted by molar-refractivity contribution is 9.10. The molecule has 1 N–H and O–H groups in total. The van der Waals surface area contributed by atoms with E-state index in [2.05, 4.69) is 63.2 Å². The average Bonchev–Trinajstić information content (AvgIpc) is 3.29. The molecule has 0 radical (unpaired) electrons. The van der Waals surface area contributed by atoms with Crippen LogP contribution in [0.1, 0.15) is 42.4 Å². The number of nitrogens with zero attached hydrogens (tertiary/aromatic N) is 2. The summed E-state index contributed by atoms with van der Waals surface area (Å²) < 4.78 is 8.78. The predicted octanol–water partition coefficient (Wildman–Crippen LogP) is 5.88. The Balaban J connectivity index is 1.56. The Morgan fingerprint density at radius 2 is 2.11 bits per heavy atom. The van der Waals surface area contributed by atoms with E-state index in [-0.39, 0.29) is 11.7 Å². The zero-order valence-corrected chi connectivity index (χ0v) is 17.2. The van der Waals surface area contributed by atoms with Gasteiger partial charge in [-0.05, 0) is 43.7 Å². The first-order valence-corrected chi connectivity index (χ1v) is 9.98. The number of benzene rings is 2. The Morgan fingerprint density at radius 1 is 1.29 bits per heavy atom. The minimum absolute atomic E-state index is 0.229. The van der Waals surface area contributed by atoms with Crippen LogP contribution in [0.3, 0.4) is 0 Å². The summed E-state index contributed by atoms with van der Waals surface area (Å²) in [5, 5.41) is 6.11. The van der Waals surface area contributed by atoms with Crippen LogP contribution >= 0.6 is 15.9 Å². The van der Waals surface area contributed by atoms with Gasteiger partial charge in [-0.1, -0.05) is 41.1 Å². The van der Waals surface area contributed by atoms with Crippen LogP contribution in [0.2, 0.25) is 0 Å². The molecule has 0 saturated heterocycles. The zero-order valence-electron chi connectivity index (χ0n) is 15.6. The van der Waals surface area contributed by atoms with E-state index in [0.717, 1.165) is 32.7 Å². The van der Waals surface area contributed by atoms with Gasteiger partial charge < -0.3 is 8.98 Å². The van der Waals surface area contributed by atoms with Gasteiger partial charge in [-0.25, -0.2) is 5.43 Å². The topological polar surface area (TPSA) is 59.5 Å². The van der Waals surface area contributed by atoms with Crippen molar-refractivity contribution in [3.63, 3.8) is 0 Å². The number of hydrogen-bond donors (Lipinski definition) is 1. The summed E-state index contributed by atoms with van der Waals surface area (Å²) in [5.74, 6) is -0.151. The molecule has 1 atom stereocenters. The summed E-state index contributed by atoms with van der Waals surface area (Å²) in [6.07, 6.45) is 4.79. The Hall–Kier alpha value is -2.86. The van der Waals surface area contributed by atoms with Gasteiger partial charge in [-0.3, -0.25) is 4.79 Å². The van der Waals surface area contributed by atoms with Crippen molar-refractivity contribution >= 4 is 49.9 Å². The van der Waals surface area contributed by atoms with Crippen LogP contribution in [-0.4, -0.2) is 16.7 Å². The van der Waals surface area contributed by atoms with Crippen LogP contribution < -0.4 is 5.43 Å². The monoisotopic (exact) mass is 437 g/mol. The van der Waals surface area contributed by atoms with Gasteiger partial charge in [-0.15, -0.1) is 0 Å². The number of fused-ring (bicyclic) bond motifs is 2. The molecule has 1 amide bonds. The molecule has 0 spiro atoms. The molecule has 0 fully saturated rings. The number of furan rings is 1. The molecule has 28 heavy (non-hydrogen) atoms. The van der Waals surface area contributed by atoms with E-state index in [4.69, 9.17) is 4.42 Å². The van der Waals surface area contributed by atoms with Crippen molar-refractivity contribution < 1.29 is 9.21 Å². The van der Waals surface area contributed by atoms with E-state index >= 15 is 0 Å². The van der Waals surface area contributed by atoms with E-state index in [1.807, 2.05) is 30.3 Å². The zero-order chi connectivity index (χ0) is 19.7. The SMILES string of the molecule is CCC(C)n1cc(/C=N\NC(=O)c2cc3cc(Br)ccc3o2)c2ccccc21. The summed E-state index contributed by atoms with van der Waals surface area (Å²) in [6, 6.07) is 15.9. The molecule has 4 rings (SSSR count). The molecule has 0 bridgehead atoms. The highest BCUT2D eigenvalue weighted by atomic mass is 79.9. The second kappa shape index (κ2) is 7.64. The van der Waals surface area contributed by atoms with Crippen LogP contribution in [0.4, 0.5) is 0 Å². The first-order valence-electron chi connectivity index (χ1n) is 9.19. The number of nitrogens with one attached hydrogen (secondary N) is 1. The largest absolute Gasteiger partial charge is 0.451 e. The molecule has 2 aromatic heterocycles. The summed E-state index contributed by atoms with van der Waals surface area (Å²) in [6.45, 7) is 4.36. The lowest BCUT2D eigenvalue weighted by atomic mass is 10.2. The van der Waals surface area contributed by atoms with Crippen LogP contribution in [0.15, 0.2) is 68.7 Å². The number of hydrazone groups is 1. The first kappa shape index (κ1) is 18.5. The fraction of sp³-hybridized carbons (Fsp3) is 0.182. The van der Waals surface area contributed by atoms with E-state index < -0.39 is 0 Å². The molecule has 6 heteroatoms. The van der Waals surface area contributed by atoms with E-state index in [1.165, 1.54) is 0 Å². The molecular formula is C22H20BrN3O2. The molecule has 0 aliphatic rings. The van der Waals surface area contributed by atoms with Gasteiger partial charge >= 0.3 is 5.91 Å². The Kier molecular flexibility index (Phi) is 5.05. The van der Waals surface area contributed by atoms with Gasteiger partial charge in [0.2, 0.25) is 0 Å². The quantitative estimate of drug-likeness (QED) is 0.312. The number of carbonyl (C=O) groups excluding carboxylic acids is 1. The van der Waals surface area contributed by atoms with Gasteiger partial charge in [-0.2, -0.15) is 5.10 Å². The lowest BCUT2D eigenvalue weighted by Crippen LogP contribution is -2.16. The van der Waals surface area contributed by atoms with Crippen LogP contribution in [0.25, 0.3) is 21.9 Å². The lowest BCUT2D eigenvalue weighted by molar-refractivity contribution is 0.0929. The van der Waals surface area contributed by atoms with Crippen LogP contribution in [0.5, 0.6) is 0 Å². The fourth-order valence-electron chi connectivity index (χ4n) is 3.24. The molecule has 1 unspecified atom stereocenters. The minimum Gasteiger partial charge on any atom is -0.451 e. The lowest BCUT2D eigenvalue weighted by Gasteiger charge is -2.12. The molecule has 0 aliphatic carbocycles. The Bertz CT molecular complexity index is 1190. The number of amides is 1. The summed E-state index contributed by atoms with van der Waals surface area (Å²) in [4.78, 5) is 12.4. The van der Waals surface area contributed by atoms with Crippen molar-refractivity contribution in [1.29, 1.82) is 0 Å². The van der Waals surface area contributed by atoms with Crippen molar-refractivity contribution in [2.75, 3.05) is 0 Å². The molecular weight excluding hydrogens is 418 g/mol. The average molecular weight is 438 g/mol. The first-order chi connectivity index (χ1) is 13.6. The molecule has 0 aliphatic heterocycles. The number of rotatable bonds is 5. The van der Waals surface area contributed by atoms with E-state index in [0.29, 0.717) is 11.6 Å². The number of hydrogen-bond acceptors (Lipinski definition) is 3.